The molecule has 0 saturated carbocycles. The van der Waals surface area contributed by atoms with Crippen molar-refractivity contribution >= 4 is 28.6 Å². The van der Waals surface area contributed by atoms with Crippen molar-refractivity contribution in [1.82, 2.24) is 9.55 Å². The molecule has 0 atom stereocenters. The molecular weight excluding hydrogens is 387 g/mol. The van der Waals surface area contributed by atoms with Gasteiger partial charge < -0.3 is 14.4 Å². The summed E-state index contributed by atoms with van der Waals surface area (Å²) in [6.45, 7) is 3.75. The molecule has 0 fully saturated rings. The molecule has 0 unspecified atom stereocenters. The lowest BCUT2D eigenvalue weighted by Crippen LogP contribution is -2.23. The van der Waals surface area contributed by atoms with Crippen molar-refractivity contribution in [2.45, 2.75) is 19.9 Å². The Labute approximate surface area is 134 Å². The van der Waals surface area contributed by atoms with Gasteiger partial charge in [0.25, 0.3) is 5.88 Å². The number of benzene rings is 1. The van der Waals surface area contributed by atoms with E-state index in [4.69, 9.17) is 9.84 Å². The minimum atomic E-state index is -1.06. The van der Waals surface area contributed by atoms with E-state index in [0.717, 1.165) is 0 Å². The average Bonchev–Trinajstić information content (AvgIpc) is 2.42. The molecule has 1 aromatic heterocycles. The largest absolute Gasteiger partial charge is 0.478 e. The Morgan fingerprint density at radius 2 is 2.14 bits per heavy atom. The van der Waals surface area contributed by atoms with Crippen LogP contribution in [-0.4, -0.2) is 20.6 Å². The predicted molar refractivity (Wildman–Crippen MR) is 85.1 cm³/mol. The van der Waals surface area contributed by atoms with Crippen LogP contribution in [-0.2, 0) is 0 Å². The summed E-state index contributed by atoms with van der Waals surface area (Å²) in [6.07, 6.45) is 3.06. The van der Waals surface area contributed by atoms with E-state index in [1.165, 1.54) is 22.9 Å². The zero-order chi connectivity index (χ0) is 15.6. The van der Waals surface area contributed by atoms with Crippen molar-refractivity contribution in [3.63, 3.8) is 0 Å². The third kappa shape index (κ3) is 3.41. The average molecular weight is 400 g/mol. The lowest BCUT2D eigenvalue weighted by Gasteiger charge is -2.12. The number of hydrogen-bond donors (Lipinski definition) is 1. The first-order valence-electron chi connectivity index (χ1n) is 6.18. The fourth-order valence-electron chi connectivity index (χ4n) is 1.70. The summed E-state index contributed by atoms with van der Waals surface area (Å²) in [6, 6.07) is 4.44. The molecule has 0 spiro atoms. The predicted octanol–water partition coefficient (Wildman–Crippen LogP) is 2.92. The quantitative estimate of drug-likeness (QED) is 0.799. The summed E-state index contributed by atoms with van der Waals surface area (Å²) in [4.78, 5) is 27.1. The number of aromatic carboxylic acids is 1. The molecule has 110 valence electrons. The van der Waals surface area contributed by atoms with E-state index in [1.54, 1.807) is 12.3 Å². The SMILES string of the molecule is CC(C)n1ccnc(Oc2cc(C(=O)O)ccc2I)c1=O. The Kier molecular flexibility index (Phi) is 4.61. The maximum atomic E-state index is 12.2. The van der Waals surface area contributed by atoms with Crippen LogP contribution >= 0.6 is 22.6 Å². The molecule has 2 rings (SSSR count). The molecular formula is C14H13IN2O4. The first-order chi connectivity index (χ1) is 9.90. The number of halogens is 1. The molecule has 0 saturated heterocycles. The Balaban J connectivity index is 2.43. The van der Waals surface area contributed by atoms with Gasteiger partial charge in [-0.05, 0) is 54.6 Å². The third-order valence-corrected chi connectivity index (χ3v) is 3.67. The van der Waals surface area contributed by atoms with E-state index >= 15 is 0 Å². The number of carboxylic acid groups (broad SMARTS) is 1. The van der Waals surface area contributed by atoms with Crippen molar-refractivity contribution in [3.8, 4) is 11.6 Å². The zero-order valence-electron chi connectivity index (χ0n) is 11.4. The van der Waals surface area contributed by atoms with E-state index in [0.29, 0.717) is 9.32 Å². The lowest BCUT2D eigenvalue weighted by atomic mass is 10.2. The fraction of sp³-hybridized carbons (Fsp3) is 0.214. The Morgan fingerprint density at radius 3 is 2.76 bits per heavy atom. The van der Waals surface area contributed by atoms with Crippen molar-refractivity contribution in [3.05, 3.63) is 50.1 Å². The van der Waals surface area contributed by atoms with Gasteiger partial charge in [-0.3, -0.25) is 4.79 Å². The summed E-state index contributed by atoms with van der Waals surface area (Å²) in [7, 11) is 0. The molecule has 0 aliphatic heterocycles. The first kappa shape index (κ1) is 15.5. The van der Waals surface area contributed by atoms with Gasteiger partial charge in [0, 0.05) is 18.4 Å². The Hall–Kier alpha value is -1.90. The Morgan fingerprint density at radius 1 is 1.43 bits per heavy atom. The molecule has 7 heteroatoms. The van der Waals surface area contributed by atoms with Crippen molar-refractivity contribution in [2.24, 2.45) is 0 Å². The van der Waals surface area contributed by atoms with Crippen LogP contribution in [0.4, 0.5) is 0 Å². The van der Waals surface area contributed by atoms with Crippen LogP contribution in [0.5, 0.6) is 11.6 Å². The van der Waals surface area contributed by atoms with Crippen LogP contribution in [0.3, 0.4) is 0 Å². The van der Waals surface area contributed by atoms with E-state index < -0.39 is 5.97 Å². The zero-order valence-corrected chi connectivity index (χ0v) is 13.6. The minimum Gasteiger partial charge on any atom is -0.478 e. The van der Waals surface area contributed by atoms with Crippen LogP contribution in [0.2, 0.25) is 0 Å². The van der Waals surface area contributed by atoms with Crippen molar-refractivity contribution in [1.29, 1.82) is 0 Å². The molecule has 0 amide bonds. The summed E-state index contributed by atoms with van der Waals surface area (Å²) < 4.78 is 7.70. The molecule has 1 heterocycles. The number of rotatable bonds is 4. The molecule has 0 radical (unpaired) electrons. The van der Waals surface area contributed by atoms with Gasteiger partial charge in [0.05, 0.1) is 9.13 Å². The monoisotopic (exact) mass is 400 g/mol. The fourth-order valence-corrected chi connectivity index (χ4v) is 2.15. The standard InChI is InChI=1S/C14H13IN2O4/c1-8(2)17-6-5-16-12(13(17)18)21-11-7-9(14(19)20)3-4-10(11)15/h3-8H,1-2H3,(H,19,20). The third-order valence-electron chi connectivity index (χ3n) is 2.78. The van der Waals surface area contributed by atoms with Gasteiger partial charge in [-0.2, -0.15) is 0 Å². The van der Waals surface area contributed by atoms with Gasteiger partial charge in [0.15, 0.2) is 0 Å². The van der Waals surface area contributed by atoms with Gasteiger partial charge in [0.2, 0.25) is 0 Å². The number of ether oxygens (including phenoxy) is 1. The molecule has 0 bridgehead atoms. The van der Waals surface area contributed by atoms with Crippen LogP contribution in [0.1, 0.15) is 30.2 Å². The van der Waals surface area contributed by atoms with Crippen molar-refractivity contribution < 1.29 is 14.6 Å². The van der Waals surface area contributed by atoms with E-state index in [2.05, 4.69) is 4.98 Å². The normalized spacial score (nSPS) is 10.7. The van der Waals surface area contributed by atoms with Crippen LogP contribution < -0.4 is 10.3 Å². The lowest BCUT2D eigenvalue weighted by molar-refractivity contribution is 0.0696. The summed E-state index contributed by atoms with van der Waals surface area (Å²) in [5.74, 6) is -0.842. The van der Waals surface area contributed by atoms with E-state index in [9.17, 15) is 9.59 Å². The molecule has 6 nitrogen and oxygen atoms in total. The summed E-state index contributed by atoms with van der Waals surface area (Å²) >= 11 is 2.01. The van der Waals surface area contributed by atoms with Crippen molar-refractivity contribution in [2.75, 3.05) is 0 Å². The molecule has 0 aliphatic rings. The van der Waals surface area contributed by atoms with Gasteiger partial charge in [-0.15, -0.1) is 0 Å². The van der Waals surface area contributed by atoms with E-state index in [1.807, 2.05) is 36.4 Å². The number of nitrogens with zero attached hydrogens (tertiary/aromatic N) is 2. The first-order valence-corrected chi connectivity index (χ1v) is 7.26. The maximum absolute atomic E-state index is 12.2. The maximum Gasteiger partial charge on any atom is 0.335 e. The van der Waals surface area contributed by atoms with Gasteiger partial charge in [-0.25, -0.2) is 9.78 Å². The van der Waals surface area contributed by atoms with Crippen LogP contribution in [0.15, 0.2) is 35.4 Å². The smallest absolute Gasteiger partial charge is 0.335 e. The number of carbonyl (C=O) groups is 1. The van der Waals surface area contributed by atoms with Gasteiger partial charge in [0.1, 0.15) is 5.75 Å². The van der Waals surface area contributed by atoms with Gasteiger partial charge >= 0.3 is 11.5 Å². The summed E-state index contributed by atoms with van der Waals surface area (Å²) in [5.41, 5.74) is -0.269. The minimum absolute atomic E-state index is 0.0210. The highest BCUT2D eigenvalue weighted by Crippen LogP contribution is 2.25. The summed E-state index contributed by atoms with van der Waals surface area (Å²) in [5, 5.41) is 9.00. The highest BCUT2D eigenvalue weighted by molar-refractivity contribution is 14.1. The van der Waals surface area contributed by atoms with Gasteiger partial charge in [-0.1, -0.05) is 0 Å². The highest BCUT2D eigenvalue weighted by Gasteiger charge is 2.13. The highest BCUT2D eigenvalue weighted by atomic mass is 127. The second-order valence-electron chi connectivity index (χ2n) is 4.59. The van der Waals surface area contributed by atoms with E-state index in [-0.39, 0.29) is 23.0 Å². The molecule has 1 aromatic carbocycles. The molecule has 21 heavy (non-hydrogen) atoms. The number of carboxylic acids is 1. The Bertz CT molecular complexity index is 740. The second-order valence-corrected chi connectivity index (χ2v) is 5.75. The molecule has 1 N–H and O–H groups in total. The number of aromatic nitrogens is 2. The number of hydrogen-bond acceptors (Lipinski definition) is 4. The van der Waals surface area contributed by atoms with Crippen LogP contribution in [0.25, 0.3) is 0 Å². The molecule has 2 aromatic rings. The second kappa shape index (κ2) is 6.25. The topological polar surface area (TPSA) is 81.4 Å². The van der Waals surface area contributed by atoms with Crippen LogP contribution in [0, 0.1) is 3.57 Å². The molecule has 0 aliphatic carbocycles.